The van der Waals surface area contributed by atoms with Gasteiger partial charge in [0, 0.05) is 31.7 Å². The molecule has 0 amide bonds. The van der Waals surface area contributed by atoms with Crippen molar-refractivity contribution in [3.8, 4) is 0 Å². The molecule has 76 valence electrons. The van der Waals surface area contributed by atoms with E-state index >= 15 is 0 Å². The zero-order valence-electron chi connectivity index (χ0n) is 8.41. The Hall–Kier alpha value is -0.0800. The molecule has 13 heavy (non-hydrogen) atoms. The third kappa shape index (κ3) is 2.23. The summed E-state index contributed by atoms with van der Waals surface area (Å²) < 4.78 is 0. The molecule has 0 atom stereocenters. The van der Waals surface area contributed by atoms with Crippen LogP contribution in [0.4, 0.5) is 0 Å². The van der Waals surface area contributed by atoms with Gasteiger partial charge in [-0.2, -0.15) is 0 Å². The van der Waals surface area contributed by atoms with Crippen molar-refractivity contribution in [1.29, 1.82) is 0 Å². The van der Waals surface area contributed by atoms with E-state index in [0.717, 1.165) is 19.1 Å². The van der Waals surface area contributed by atoms with Gasteiger partial charge in [-0.25, -0.2) is 0 Å². The van der Waals surface area contributed by atoms with Crippen molar-refractivity contribution in [2.24, 2.45) is 5.92 Å². The molecule has 0 aromatic rings. The lowest BCUT2D eigenvalue weighted by Crippen LogP contribution is -2.53. The first-order valence-corrected chi connectivity index (χ1v) is 5.75. The van der Waals surface area contributed by atoms with Crippen molar-refractivity contribution in [3.63, 3.8) is 0 Å². The lowest BCUT2D eigenvalue weighted by Gasteiger charge is -2.43. The number of aliphatic hydroxyl groups excluding tert-OH is 1. The van der Waals surface area contributed by atoms with Crippen LogP contribution in [0.15, 0.2) is 0 Å². The molecule has 2 fully saturated rings. The van der Waals surface area contributed by atoms with Crippen LogP contribution in [0.25, 0.3) is 0 Å². The minimum Gasteiger partial charge on any atom is -0.396 e. The van der Waals surface area contributed by atoms with E-state index in [1.807, 2.05) is 0 Å². The summed E-state index contributed by atoms with van der Waals surface area (Å²) in [6.07, 6.45) is 8.52. The molecule has 1 heterocycles. The summed E-state index contributed by atoms with van der Waals surface area (Å²) in [5.41, 5.74) is 0. The SMILES string of the molecule is OCC1CN(C2CCCCCC2)C1. The fourth-order valence-electron chi connectivity index (χ4n) is 2.65. The first-order chi connectivity index (χ1) is 6.40. The number of hydrogen-bond donors (Lipinski definition) is 1. The highest BCUT2D eigenvalue weighted by atomic mass is 16.3. The maximum absolute atomic E-state index is 8.93. The van der Waals surface area contributed by atoms with Gasteiger partial charge in [0.1, 0.15) is 0 Å². The zero-order valence-corrected chi connectivity index (χ0v) is 8.41. The number of nitrogens with zero attached hydrogens (tertiary/aromatic N) is 1. The average molecular weight is 183 g/mol. The van der Waals surface area contributed by atoms with E-state index in [1.54, 1.807) is 0 Å². The predicted octanol–water partition coefficient (Wildman–Crippen LogP) is 1.63. The second kappa shape index (κ2) is 4.43. The summed E-state index contributed by atoms with van der Waals surface area (Å²) in [5, 5.41) is 8.93. The highest BCUT2D eigenvalue weighted by molar-refractivity contribution is 4.85. The van der Waals surface area contributed by atoms with Crippen LogP contribution in [-0.4, -0.2) is 35.7 Å². The van der Waals surface area contributed by atoms with E-state index in [0.29, 0.717) is 12.5 Å². The minimum atomic E-state index is 0.392. The van der Waals surface area contributed by atoms with Crippen LogP contribution in [0, 0.1) is 5.92 Å². The number of likely N-dealkylation sites (tertiary alicyclic amines) is 1. The molecule has 1 saturated carbocycles. The van der Waals surface area contributed by atoms with Crippen molar-refractivity contribution < 1.29 is 5.11 Å². The lowest BCUT2D eigenvalue weighted by molar-refractivity contribution is 0.0145. The Morgan fingerprint density at radius 1 is 1.00 bits per heavy atom. The van der Waals surface area contributed by atoms with Gasteiger partial charge in [-0.05, 0) is 12.8 Å². The van der Waals surface area contributed by atoms with Crippen LogP contribution < -0.4 is 0 Å². The molecule has 0 aromatic heterocycles. The molecule has 0 unspecified atom stereocenters. The molecule has 2 rings (SSSR count). The topological polar surface area (TPSA) is 23.5 Å². The summed E-state index contributed by atoms with van der Waals surface area (Å²) in [4.78, 5) is 2.58. The highest BCUT2D eigenvalue weighted by Crippen LogP contribution is 2.27. The number of hydrogen-bond acceptors (Lipinski definition) is 2. The molecule has 1 saturated heterocycles. The maximum atomic E-state index is 8.93. The molecule has 0 bridgehead atoms. The zero-order chi connectivity index (χ0) is 9.10. The standard InChI is InChI=1S/C11H21NO/c13-9-10-7-12(8-10)11-5-3-1-2-4-6-11/h10-11,13H,1-9H2. The Kier molecular flexibility index (Phi) is 3.23. The Labute approximate surface area is 80.9 Å². The van der Waals surface area contributed by atoms with Crippen molar-refractivity contribution in [2.45, 2.75) is 44.6 Å². The molecule has 1 aliphatic carbocycles. The molecule has 2 nitrogen and oxygen atoms in total. The Morgan fingerprint density at radius 2 is 1.62 bits per heavy atom. The van der Waals surface area contributed by atoms with Crippen molar-refractivity contribution in [2.75, 3.05) is 19.7 Å². The summed E-state index contributed by atoms with van der Waals surface area (Å²) in [6.45, 7) is 2.70. The fraction of sp³-hybridized carbons (Fsp3) is 1.00. The number of rotatable bonds is 2. The van der Waals surface area contributed by atoms with Gasteiger partial charge in [-0.1, -0.05) is 25.7 Å². The average Bonchev–Trinajstić information content (AvgIpc) is 2.31. The van der Waals surface area contributed by atoms with Crippen LogP contribution in [0.1, 0.15) is 38.5 Å². The molecule has 2 heteroatoms. The second-order valence-corrected chi connectivity index (χ2v) is 4.65. The molecule has 1 aliphatic heterocycles. The Bertz CT molecular complexity index is 146. The fourth-order valence-corrected chi connectivity index (χ4v) is 2.65. The summed E-state index contributed by atoms with van der Waals surface area (Å²) in [6, 6.07) is 0.852. The van der Waals surface area contributed by atoms with E-state index in [9.17, 15) is 0 Å². The second-order valence-electron chi connectivity index (χ2n) is 4.65. The summed E-state index contributed by atoms with van der Waals surface area (Å²) in [7, 11) is 0. The molecular weight excluding hydrogens is 162 g/mol. The quantitative estimate of drug-likeness (QED) is 0.658. The third-order valence-electron chi connectivity index (χ3n) is 3.58. The van der Waals surface area contributed by atoms with Crippen LogP contribution in [-0.2, 0) is 0 Å². The van der Waals surface area contributed by atoms with Gasteiger partial charge in [-0.3, -0.25) is 4.90 Å². The maximum Gasteiger partial charge on any atom is 0.0483 e. The van der Waals surface area contributed by atoms with E-state index < -0.39 is 0 Å². The van der Waals surface area contributed by atoms with Crippen molar-refractivity contribution >= 4 is 0 Å². The normalized spacial score (nSPS) is 28.4. The predicted molar refractivity (Wildman–Crippen MR) is 53.6 cm³/mol. The number of aliphatic hydroxyl groups is 1. The van der Waals surface area contributed by atoms with Gasteiger partial charge in [-0.15, -0.1) is 0 Å². The third-order valence-corrected chi connectivity index (χ3v) is 3.58. The summed E-state index contributed by atoms with van der Waals surface area (Å²) in [5.74, 6) is 0.586. The Morgan fingerprint density at radius 3 is 2.15 bits per heavy atom. The molecule has 0 spiro atoms. The minimum absolute atomic E-state index is 0.392. The van der Waals surface area contributed by atoms with E-state index in [2.05, 4.69) is 4.90 Å². The molecule has 0 radical (unpaired) electrons. The Balaban J connectivity index is 1.74. The van der Waals surface area contributed by atoms with Crippen LogP contribution in [0.3, 0.4) is 0 Å². The highest BCUT2D eigenvalue weighted by Gasteiger charge is 2.31. The van der Waals surface area contributed by atoms with Gasteiger partial charge < -0.3 is 5.11 Å². The van der Waals surface area contributed by atoms with Gasteiger partial charge in [0.25, 0.3) is 0 Å². The largest absolute Gasteiger partial charge is 0.396 e. The summed E-state index contributed by atoms with van der Waals surface area (Å²) >= 11 is 0. The van der Waals surface area contributed by atoms with Crippen molar-refractivity contribution in [1.82, 2.24) is 4.90 Å². The van der Waals surface area contributed by atoms with Crippen molar-refractivity contribution in [3.05, 3.63) is 0 Å². The van der Waals surface area contributed by atoms with Gasteiger partial charge in [0.05, 0.1) is 0 Å². The van der Waals surface area contributed by atoms with E-state index in [1.165, 1.54) is 38.5 Å². The smallest absolute Gasteiger partial charge is 0.0483 e. The van der Waals surface area contributed by atoms with E-state index in [-0.39, 0.29) is 0 Å². The first-order valence-electron chi connectivity index (χ1n) is 5.75. The van der Waals surface area contributed by atoms with Gasteiger partial charge in [0.15, 0.2) is 0 Å². The molecule has 2 aliphatic rings. The van der Waals surface area contributed by atoms with E-state index in [4.69, 9.17) is 5.11 Å². The van der Waals surface area contributed by atoms with Crippen LogP contribution in [0.2, 0.25) is 0 Å². The van der Waals surface area contributed by atoms with Crippen LogP contribution in [0.5, 0.6) is 0 Å². The van der Waals surface area contributed by atoms with Gasteiger partial charge >= 0.3 is 0 Å². The monoisotopic (exact) mass is 183 g/mol. The molecular formula is C11H21NO. The molecule has 0 aromatic carbocycles. The van der Waals surface area contributed by atoms with Crippen LogP contribution >= 0.6 is 0 Å². The lowest BCUT2D eigenvalue weighted by atomic mass is 9.95. The first kappa shape index (κ1) is 9.47. The molecule has 1 N–H and O–H groups in total. The van der Waals surface area contributed by atoms with Gasteiger partial charge in [0.2, 0.25) is 0 Å².